The van der Waals surface area contributed by atoms with E-state index in [1.165, 1.54) is 18.6 Å². The average molecular weight is 277 g/mol. The molecule has 1 heterocycles. The standard InChI is InChI=1S/C7H6O4.C5H5N3O/c8-5-1-4(7(10)11)2-6(9)3-5;6-5(9)4-3-7-1-2-8-4/h1-3,8-9H,(H,10,11);1-3H,(H2,6,9). The number of carbonyl (C=O) groups is 2. The SMILES string of the molecule is NC(=O)c1cnccn1.O=C(O)c1cc(O)cc(O)c1. The second-order valence-electron chi connectivity index (χ2n) is 3.50. The minimum atomic E-state index is -1.18. The Morgan fingerprint density at radius 2 is 1.65 bits per heavy atom. The summed E-state index contributed by atoms with van der Waals surface area (Å²) in [5, 5.41) is 26.1. The minimum Gasteiger partial charge on any atom is -0.508 e. The van der Waals surface area contributed by atoms with Gasteiger partial charge in [0.15, 0.2) is 0 Å². The summed E-state index contributed by atoms with van der Waals surface area (Å²) in [4.78, 5) is 27.9. The molecule has 8 nitrogen and oxygen atoms in total. The molecule has 0 saturated heterocycles. The maximum atomic E-state index is 10.3. The molecule has 1 aromatic carbocycles. The van der Waals surface area contributed by atoms with Crippen LogP contribution in [0.5, 0.6) is 11.5 Å². The summed E-state index contributed by atoms with van der Waals surface area (Å²) in [5.41, 5.74) is 4.93. The minimum absolute atomic E-state index is 0.137. The first-order chi connectivity index (χ1) is 9.40. The predicted octanol–water partition coefficient (Wildman–Crippen LogP) is 0.371. The molecule has 0 atom stereocenters. The summed E-state index contributed by atoms with van der Waals surface area (Å²) in [7, 11) is 0. The zero-order chi connectivity index (χ0) is 15.1. The lowest BCUT2D eigenvalue weighted by molar-refractivity contribution is 0.0695. The number of hydrogen-bond acceptors (Lipinski definition) is 6. The van der Waals surface area contributed by atoms with E-state index in [0.29, 0.717) is 0 Å². The van der Waals surface area contributed by atoms with Crippen molar-refractivity contribution in [3.05, 3.63) is 48.0 Å². The number of benzene rings is 1. The largest absolute Gasteiger partial charge is 0.508 e. The van der Waals surface area contributed by atoms with Gasteiger partial charge < -0.3 is 21.1 Å². The Hall–Kier alpha value is -3.16. The third kappa shape index (κ3) is 4.61. The van der Waals surface area contributed by atoms with E-state index in [0.717, 1.165) is 18.2 Å². The Morgan fingerprint density at radius 3 is 2.00 bits per heavy atom. The first kappa shape index (κ1) is 14.9. The van der Waals surface area contributed by atoms with Crippen molar-refractivity contribution in [2.45, 2.75) is 0 Å². The van der Waals surface area contributed by atoms with E-state index >= 15 is 0 Å². The zero-order valence-corrected chi connectivity index (χ0v) is 10.1. The van der Waals surface area contributed by atoms with E-state index in [9.17, 15) is 9.59 Å². The van der Waals surface area contributed by atoms with Crippen molar-refractivity contribution in [2.75, 3.05) is 0 Å². The van der Waals surface area contributed by atoms with Crippen LogP contribution in [0, 0.1) is 0 Å². The monoisotopic (exact) mass is 277 g/mol. The second kappa shape index (κ2) is 6.69. The molecule has 2 aromatic rings. The van der Waals surface area contributed by atoms with Crippen LogP contribution in [-0.2, 0) is 0 Å². The molecule has 0 aliphatic carbocycles. The number of nitrogens with zero attached hydrogens (tertiary/aromatic N) is 2. The molecule has 104 valence electrons. The third-order valence-electron chi connectivity index (χ3n) is 1.97. The molecule has 0 aliphatic rings. The van der Waals surface area contributed by atoms with Gasteiger partial charge in [-0.3, -0.25) is 9.78 Å². The molecule has 0 spiro atoms. The van der Waals surface area contributed by atoms with Gasteiger partial charge in [-0.05, 0) is 12.1 Å². The smallest absolute Gasteiger partial charge is 0.335 e. The van der Waals surface area contributed by atoms with Gasteiger partial charge in [0.1, 0.15) is 17.2 Å². The summed E-state index contributed by atoms with van der Waals surface area (Å²) >= 11 is 0. The number of carboxylic acids is 1. The molecule has 8 heteroatoms. The number of primary amides is 1. The Kier molecular flexibility index (Phi) is 4.98. The maximum Gasteiger partial charge on any atom is 0.335 e. The fraction of sp³-hybridized carbons (Fsp3) is 0. The Bertz CT molecular complexity index is 595. The van der Waals surface area contributed by atoms with Crippen molar-refractivity contribution in [3.8, 4) is 11.5 Å². The number of rotatable bonds is 2. The number of carboxylic acid groups (broad SMARTS) is 1. The van der Waals surface area contributed by atoms with Gasteiger partial charge in [0.2, 0.25) is 0 Å². The summed E-state index contributed by atoms with van der Waals surface area (Å²) in [6.45, 7) is 0. The Labute approximate surface area is 113 Å². The van der Waals surface area contributed by atoms with Gasteiger partial charge in [-0.1, -0.05) is 0 Å². The van der Waals surface area contributed by atoms with Crippen molar-refractivity contribution in [2.24, 2.45) is 5.73 Å². The van der Waals surface area contributed by atoms with Crippen LogP contribution >= 0.6 is 0 Å². The molecule has 0 radical (unpaired) electrons. The molecule has 0 aliphatic heterocycles. The molecule has 1 aromatic heterocycles. The normalized spacial score (nSPS) is 9.20. The topological polar surface area (TPSA) is 147 Å². The molecule has 0 bridgehead atoms. The predicted molar refractivity (Wildman–Crippen MR) is 67.3 cm³/mol. The molecule has 0 unspecified atom stereocenters. The number of nitrogens with two attached hydrogens (primary N) is 1. The molecule has 5 N–H and O–H groups in total. The summed E-state index contributed by atoms with van der Waals surface area (Å²) in [6, 6.07) is 3.18. The molecule has 0 saturated carbocycles. The molecule has 2 rings (SSSR count). The fourth-order valence-corrected chi connectivity index (χ4v) is 1.14. The number of phenols is 2. The van der Waals surface area contributed by atoms with E-state index in [1.54, 1.807) is 0 Å². The van der Waals surface area contributed by atoms with Crippen LogP contribution in [0.15, 0.2) is 36.8 Å². The van der Waals surface area contributed by atoms with Gasteiger partial charge >= 0.3 is 5.97 Å². The van der Waals surface area contributed by atoms with Crippen molar-refractivity contribution >= 4 is 11.9 Å². The van der Waals surface area contributed by atoms with Crippen molar-refractivity contribution < 1.29 is 24.9 Å². The average Bonchev–Trinajstić information content (AvgIpc) is 2.39. The lowest BCUT2D eigenvalue weighted by atomic mass is 10.2. The van der Waals surface area contributed by atoms with Crippen molar-refractivity contribution in [1.29, 1.82) is 0 Å². The first-order valence-electron chi connectivity index (χ1n) is 5.22. The van der Waals surface area contributed by atoms with Gasteiger partial charge in [0.25, 0.3) is 5.91 Å². The molecule has 0 fully saturated rings. The quantitative estimate of drug-likeness (QED) is 0.620. The maximum absolute atomic E-state index is 10.3. The zero-order valence-electron chi connectivity index (χ0n) is 10.1. The number of hydrogen-bond donors (Lipinski definition) is 4. The highest BCUT2D eigenvalue weighted by atomic mass is 16.4. The van der Waals surface area contributed by atoms with Crippen LogP contribution in [0.2, 0.25) is 0 Å². The van der Waals surface area contributed by atoms with Crippen LogP contribution in [0.1, 0.15) is 20.8 Å². The Morgan fingerprint density at radius 1 is 1.05 bits per heavy atom. The van der Waals surface area contributed by atoms with E-state index < -0.39 is 11.9 Å². The van der Waals surface area contributed by atoms with Crippen LogP contribution in [0.25, 0.3) is 0 Å². The van der Waals surface area contributed by atoms with Gasteiger partial charge in [-0.2, -0.15) is 0 Å². The van der Waals surface area contributed by atoms with E-state index in [4.69, 9.17) is 21.1 Å². The highest BCUT2D eigenvalue weighted by Crippen LogP contribution is 2.19. The summed E-state index contributed by atoms with van der Waals surface area (Å²) < 4.78 is 0. The number of amides is 1. The molecular formula is C12H11N3O5. The molecule has 1 amide bonds. The lowest BCUT2D eigenvalue weighted by Crippen LogP contribution is -2.12. The number of aromatic nitrogens is 2. The van der Waals surface area contributed by atoms with Crippen molar-refractivity contribution in [3.63, 3.8) is 0 Å². The summed E-state index contributed by atoms with van der Waals surface area (Å²) in [5.74, 6) is -2.26. The third-order valence-corrected chi connectivity index (χ3v) is 1.97. The van der Waals surface area contributed by atoms with Crippen LogP contribution < -0.4 is 5.73 Å². The first-order valence-corrected chi connectivity index (χ1v) is 5.22. The summed E-state index contributed by atoms with van der Waals surface area (Å²) in [6.07, 6.45) is 4.22. The molecular weight excluding hydrogens is 266 g/mol. The van der Waals surface area contributed by atoms with E-state index in [1.807, 2.05) is 0 Å². The second-order valence-corrected chi connectivity index (χ2v) is 3.50. The van der Waals surface area contributed by atoms with Crippen LogP contribution in [-0.4, -0.2) is 37.2 Å². The highest BCUT2D eigenvalue weighted by molar-refractivity contribution is 5.90. The Balaban J connectivity index is 0.000000204. The fourth-order valence-electron chi connectivity index (χ4n) is 1.14. The number of phenolic OH excluding ortho intramolecular Hbond substituents is 2. The van der Waals surface area contributed by atoms with Gasteiger partial charge in [0.05, 0.1) is 11.8 Å². The highest BCUT2D eigenvalue weighted by Gasteiger charge is 2.04. The van der Waals surface area contributed by atoms with E-state index in [2.05, 4.69) is 9.97 Å². The van der Waals surface area contributed by atoms with Gasteiger partial charge in [0, 0.05) is 18.5 Å². The van der Waals surface area contributed by atoms with Gasteiger partial charge in [-0.15, -0.1) is 0 Å². The number of aromatic hydroxyl groups is 2. The van der Waals surface area contributed by atoms with E-state index in [-0.39, 0.29) is 22.8 Å². The van der Waals surface area contributed by atoms with Crippen LogP contribution in [0.3, 0.4) is 0 Å². The van der Waals surface area contributed by atoms with Crippen LogP contribution in [0.4, 0.5) is 0 Å². The number of aromatic carboxylic acids is 1. The molecule has 20 heavy (non-hydrogen) atoms. The lowest BCUT2D eigenvalue weighted by Gasteiger charge is -1.96. The van der Waals surface area contributed by atoms with Gasteiger partial charge in [-0.25, -0.2) is 9.78 Å². The van der Waals surface area contributed by atoms with Crippen molar-refractivity contribution in [1.82, 2.24) is 9.97 Å². The number of carbonyl (C=O) groups excluding carboxylic acids is 1.